The van der Waals surface area contributed by atoms with Crippen LogP contribution in [0.25, 0.3) is 11.1 Å². The van der Waals surface area contributed by atoms with E-state index in [0.29, 0.717) is 35.1 Å². The molecule has 4 N–H and O–H groups in total. The molecule has 0 bridgehead atoms. The zero-order valence-electron chi connectivity index (χ0n) is 18.8. The van der Waals surface area contributed by atoms with Gasteiger partial charge >= 0.3 is 0 Å². The number of pyridine rings is 1. The van der Waals surface area contributed by atoms with E-state index in [0.717, 1.165) is 80.8 Å². The standard InChI is InChI=1S/C25H34ClFN4O/c1-2-19-20(7-8-23(27)25(19)30-14-16-9-11-32-12-10-16)21-13-24(29-15-22(21)26)31-18-5-3-17(28)4-6-18/h7-8,13,15-18,30H,2-6,9-12,14,28H2,1H3,(H,29,31). The predicted molar refractivity (Wildman–Crippen MR) is 130 cm³/mol. The number of benzene rings is 1. The quantitative estimate of drug-likeness (QED) is 0.499. The first-order chi connectivity index (χ1) is 15.5. The molecule has 2 aromatic rings. The Morgan fingerprint density at radius 1 is 1.12 bits per heavy atom. The molecule has 7 heteroatoms. The zero-order valence-corrected chi connectivity index (χ0v) is 19.6. The summed E-state index contributed by atoms with van der Waals surface area (Å²) >= 11 is 6.58. The van der Waals surface area contributed by atoms with Gasteiger partial charge < -0.3 is 21.1 Å². The lowest BCUT2D eigenvalue weighted by atomic mass is 9.91. The molecule has 32 heavy (non-hydrogen) atoms. The Hall–Kier alpha value is -1.89. The van der Waals surface area contributed by atoms with Crippen LogP contribution in [-0.4, -0.2) is 36.8 Å². The summed E-state index contributed by atoms with van der Waals surface area (Å²) in [5.74, 6) is 1.08. The predicted octanol–water partition coefficient (Wildman–Crippen LogP) is 5.62. The van der Waals surface area contributed by atoms with E-state index < -0.39 is 0 Å². The Morgan fingerprint density at radius 3 is 2.59 bits per heavy atom. The van der Waals surface area contributed by atoms with Crippen LogP contribution in [0, 0.1) is 11.7 Å². The number of nitrogens with zero attached hydrogens (tertiary/aromatic N) is 1. The molecule has 2 fully saturated rings. The number of hydrogen-bond donors (Lipinski definition) is 3. The van der Waals surface area contributed by atoms with Crippen LogP contribution in [0.3, 0.4) is 0 Å². The highest BCUT2D eigenvalue weighted by Gasteiger charge is 2.21. The topological polar surface area (TPSA) is 72.2 Å². The van der Waals surface area contributed by atoms with Crippen LogP contribution in [0.2, 0.25) is 5.02 Å². The van der Waals surface area contributed by atoms with Crippen molar-refractivity contribution in [2.24, 2.45) is 11.7 Å². The van der Waals surface area contributed by atoms with Gasteiger partial charge in [-0.25, -0.2) is 9.37 Å². The lowest BCUT2D eigenvalue weighted by Crippen LogP contribution is -2.33. The summed E-state index contributed by atoms with van der Waals surface area (Å²) in [4.78, 5) is 4.49. The van der Waals surface area contributed by atoms with Gasteiger partial charge in [-0.05, 0) is 74.1 Å². The molecule has 0 unspecified atom stereocenters. The number of aromatic nitrogens is 1. The second kappa shape index (κ2) is 10.8. The zero-order chi connectivity index (χ0) is 22.5. The number of nitrogens with one attached hydrogen (secondary N) is 2. The van der Waals surface area contributed by atoms with Gasteiger partial charge in [0.1, 0.15) is 11.6 Å². The molecule has 0 spiro atoms. The average Bonchev–Trinajstić information content (AvgIpc) is 2.81. The molecule has 1 aromatic carbocycles. The van der Waals surface area contributed by atoms with Crippen molar-refractivity contribution in [2.75, 3.05) is 30.4 Å². The van der Waals surface area contributed by atoms with E-state index in [1.54, 1.807) is 6.20 Å². The number of rotatable bonds is 7. The third kappa shape index (κ3) is 5.53. The average molecular weight is 461 g/mol. The van der Waals surface area contributed by atoms with Crippen molar-refractivity contribution >= 4 is 23.1 Å². The van der Waals surface area contributed by atoms with Gasteiger partial charge in [-0.2, -0.15) is 0 Å². The van der Waals surface area contributed by atoms with Gasteiger partial charge in [0.25, 0.3) is 0 Å². The van der Waals surface area contributed by atoms with Crippen molar-refractivity contribution < 1.29 is 9.13 Å². The molecule has 5 nitrogen and oxygen atoms in total. The maximum absolute atomic E-state index is 14.9. The monoisotopic (exact) mass is 460 g/mol. The summed E-state index contributed by atoms with van der Waals surface area (Å²) in [6, 6.07) is 6.03. The number of hydrogen-bond acceptors (Lipinski definition) is 5. The Kier molecular flexibility index (Phi) is 7.87. The summed E-state index contributed by atoms with van der Waals surface area (Å²) in [5, 5.41) is 7.51. The number of halogens is 2. The molecule has 1 aliphatic carbocycles. The van der Waals surface area contributed by atoms with E-state index in [1.165, 1.54) is 6.07 Å². The van der Waals surface area contributed by atoms with Crippen molar-refractivity contribution in [3.63, 3.8) is 0 Å². The third-order valence-corrected chi connectivity index (χ3v) is 7.09. The van der Waals surface area contributed by atoms with Gasteiger partial charge in [-0.1, -0.05) is 24.6 Å². The minimum Gasteiger partial charge on any atom is -0.382 e. The van der Waals surface area contributed by atoms with Crippen molar-refractivity contribution in [2.45, 2.75) is 64.0 Å². The lowest BCUT2D eigenvalue weighted by Gasteiger charge is -2.27. The van der Waals surface area contributed by atoms with Crippen LogP contribution < -0.4 is 16.4 Å². The molecule has 174 valence electrons. The fourth-order valence-corrected chi connectivity index (χ4v) is 5.03. The fraction of sp³-hybridized carbons (Fsp3) is 0.560. The van der Waals surface area contributed by atoms with Gasteiger partial charge in [0.05, 0.1) is 10.7 Å². The van der Waals surface area contributed by atoms with Crippen LogP contribution in [0.4, 0.5) is 15.9 Å². The first kappa shape index (κ1) is 23.3. The molecule has 0 atom stereocenters. The Morgan fingerprint density at radius 2 is 1.88 bits per heavy atom. The normalized spacial score (nSPS) is 22.0. The molecule has 1 saturated carbocycles. The number of ether oxygens (including phenoxy) is 1. The highest BCUT2D eigenvalue weighted by molar-refractivity contribution is 6.33. The van der Waals surface area contributed by atoms with Crippen molar-refractivity contribution in [1.82, 2.24) is 4.98 Å². The third-order valence-electron chi connectivity index (χ3n) is 6.79. The van der Waals surface area contributed by atoms with Crippen LogP contribution in [0.5, 0.6) is 0 Å². The molecule has 1 saturated heterocycles. The van der Waals surface area contributed by atoms with E-state index in [1.807, 2.05) is 12.1 Å². The molecule has 2 heterocycles. The molecule has 2 aliphatic rings. The van der Waals surface area contributed by atoms with E-state index >= 15 is 0 Å². The molecule has 4 rings (SSSR count). The van der Waals surface area contributed by atoms with Crippen LogP contribution in [0.1, 0.15) is 51.0 Å². The van der Waals surface area contributed by atoms with Crippen LogP contribution in [0.15, 0.2) is 24.4 Å². The lowest BCUT2D eigenvalue weighted by molar-refractivity contribution is 0.0699. The molecule has 1 aliphatic heterocycles. The molecule has 0 amide bonds. The minimum absolute atomic E-state index is 0.222. The second-order valence-electron chi connectivity index (χ2n) is 9.04. The SMILES string of the molecule is CCc1c(-c2cc(NC3CCC(N)CC3)ncc2Cl)ccc(F)c1NCC1CCOCC1. The van der Waals surface area contributed by atoms with Crippen molar-refractivity contribution in [1.29, 1.82) is 0 Å². The minimum atomic E-state index is -0.222. The maximum Gasteiger partial charge on any atom is 0.146 e. The Labute approximate surface area is 195 Å². The highest BCUT2D eigenvalue weighted by atomic mass is 35.5. The largest absolute Gasteiger partial charge is 0.382 e. The van der Waals surface area contributed by atoms with E-state index in [-0.39, 0.29) is 5.82 Å². The molecular formula is C25H34ClFN4O. The van der Waals surface area contributed by atoms with Gasteiger partial charge in [-0.3, -0.25) is 0 Å². The molecule has 0 radical (unpaired) electrons. The maximum atomic E-state index is 14.9. The van der Waals surface area contributed by atoms with E-state index in [4.69, 9.17) is 22.1 Å². The smallest absolute Gasteiger partial charge is 0.146 e. The first-order valence-corrected chi connectivity index (χ1v) is 12.2. The first-order valence-electron chi connectivity index (χ1n) is 11.9. The van der Waals surface area contributed by atoms with Gasteiger partial charge in [0.15, 0.2) is 0 Å². The van der Waals surface area contributed by atoms with Crippen molar-refractivity contribution in [3.8, 4) is 11.1 Å². The number of nitrogens with two attached hydrogens (primary N) is 1. The second-order valence-corrected chi connectivity index (χ2v) is 9.45. The summed E-state index contributed by atoms with van der Waals surface area (Å²) in [6.07, 6.45) is 8.53. The molecule has 1 aromatic heterocycles. The van der Waals surface area contributed by atoms with Gasteiger partial charge in [0.2, 0.25) is 0 Å². The van der Waals surface area contributed by atoms with Crippen LogP contribution in [-0.2, 0) is 11.2 Å². The van der Waals surface area contributed by atoms with E-state index in [9.17, 15) is 4.39 Å². The summed E-state index contributed by atoms with van der Waals surface area (Å²) in [6.45, 7) is 4.37. The summed E-state index contributed by atoms with van der Waals surface area (Å²) in [7, 11) is 0. The Balaban J connectivity index is 1.58. The number of anilines is 2. The highest BCUT2D eigenvalue weighted by Crippen LogP contribution is 2.37. The summed E-state index contributed by atoms with van der Waals surface area (Å²) < 4.78 is 20.3. The fourth-order valence-electron chi connectivity index (χ4n) is 4.82. The van der Waals surface area contributed by atoms with Gasteiger partial charge in [-0.15, -0.1) is 0 Å². The van der Waals surface area contributed by atoms with Gasteiger partial charge in [0, 0.05) is 43.6 Å². The molecular weight excluding hydrogens is 427 g/mol. The Bertz CT molecular complexity index is 911. The van der Waals surface area contributed by atoms with E-state index in [2.05, 4.69) is 22.5 Å². The van der Waals surface area contributed by atoms with Crippen LogP contribution >= 0.6 is 11.6 Å². The summed E-state index contributed by atoms with van der Waals surface area (Å²) in [5.41, 5.74) is 9.39. The van der Waals surface area contributed by atoms with Crippen molar-refractivity contribution in [3.05, 3.63) is 40.8 Å².